The maximum Gasteiger partial charge on any atom is 0.257 e. The van der Waals surface area contributed by atoms with Crippen molar-refractivity contribution < 1.29 is 18.1 Å². The van der Waals surface area contributed by atoms with Crippen molar-refractivity contribution in [1.82, 2.24) is 10.5 Å². The van der Waals surface area contributed by atoms with Gasteiger partial charge in [-0.3, -0.25) is 4.79 Å². The number of hydrogen-bond acceptors (Lipinski definition) is 4. The van der Waals surface area contributed by atoms with Crippen LogP contribution < -0.4 is 5.32 Å². The Morgan fingerprint density at radius 1 is 1.30 bits per heavy atom. The highest BCUT2D eigenvalue weighted by Gasteiger charge is 2.22. The van der Waals surface area contributed by atoms with Crippen LogP contribution in [0.3, 0.4) is 0 Å². The van der Waals surface area contributed by atoms with E-state index in [1.807, 2.05) is 17.5 Å². The Morgan fingerprint density at radius 2 is 2.13 bits per heavy atom. The van der Waals surface area contributed by atoms with E-state index < -0.39 is 17.5 Å². The van der Waals surface area contributed by atoms with Crippen molar-refractivity contribution in [2.45, 2.75) is 13.5 Å². The number of aryl methyl sites for hydroxylation is 1. The Bertz CT molecular complexity index is 844. The van der Waals surface area contributed by atoms with Gasteiger partial charge in [0.1, 0.15) is 5.56 Å². The van der Waals surface area contributed by atoms with E-state index in [-0.39, 0.29) is 12.1 Å². The first-order valence-electron chi connectivity index (χ1n) is 6.79. The Labute approximate surface area is 134 Å². The quantitative estimate of drug-likeness (QED) is 0.787. The molecule has 4 nitrogen and oxygen atoms in total. The molecule has 1 aromatic carbocycles. The zero-order chi connectivity index (χ0) is 16.4. The van der Waals surface area contributed by atoms with Crippen molar-refractivity contribution in [3.05, 3.63) is 64.2 Å². The fourth-order valence-corrected chi connectivity index (χ4v) is 2.87. The molecule has 118 valence electrons. The first-order valence-corrected chi connectivity index (χ1v) is 7.67. The Hall–Kier alpha value is -2.54. The predicted octanol–water partition coefficient (Wildman–Crippen LogP) is 3.92. The van der Waals surface area contributed by atoms with Gasteiger partial charge in [0.25, 0.3) is 5.91 Å². The van der Waals surface area contributed by atoms with E-state index in [4.69, 9.17) is 4.52 Å². The summed E-state index contributed by atoms with van der Waals surface area (Å²) in [6.45, 7) is 1.52. The van der Waals surface area contributed by atoms with Crippen molar-refractivity contribution in [3.8, 4) is 10.6 Å². The molecule has 2 heterocycles. The van der Waals surface area contributed by atoms with Gasteiger partial charge in [0.2, 0.25) is 0 Å². The van der Waals surface area contributed by atoms with Gasteiger partial charge in [-0.15, -0.1) is 11.3 Å². The topological polar surface area (TPSA) is 55.1 Å². The van der Waals surface area contributed by atoms with Crippen LogP contribution in [0, 0.1) is 18.6 Å². The average Bonchev–Trinajstić information content (AvgIpc) is 3.17. The van der Waals surface area contributed by atoms with Gasteiger partial charge in [0.05, 0.1) is 10.6 Å². The number of rotatable bonds is 4. The molecule has 0 aliphatic carbocycles. The number of halogens is 2. The summed E-state index contributed by atoms with van der Waals surface area (Å²) >= 11 is 1.42. The van der Waals surface area contributed by atoms with Crippen molar-refractivity contribution in [1.29, 1.82) is 0 Å². The fraction of sp³-hybridized carbons (Fsp3) is 0.125. The highest BCUT2D eigenvalue weighted by molar-refractivity contribution is 7.13. The molecule has 0 saturated carbocycles. The van der Waals surface area contributed by atoms with Crippen LogP contribution in [0.25, 0.3) is 10.6 Å². The normalized spacial score (nSPS) is 10.7. The number of nitrogens with one attached hydrogen (secondary N) is 1. The average molecular weight is 334 g/mol. The number of benzene rings is 1. The van der Waals surface area contributed by atoms with Crippen LogP contribution in [0.1, 0.15) is 21.6 Å². The molecule has 3 aromatic rings. The maximum atomic E-state index is 13.6. The first-order chi connectivity index (χ1) is 11.1. The zero-order valence-electron chi connectivity index (χ0n) is 12.1. The molecule has 23 heavy (non-hydrogen) atoms. The van der Waals surface area contributed by atoms with Crippen LogP contribution in [0.15, 0.2) is 40.2 Å². The Kier molecular flexibility index (Phi) is 4.20. The number of carbonyl (C=O) groups excluding carboxylic acids is 1. The first kappa shape index (κ1) is 15.4. The van der Waals surface area contributed by atoms with Crippen molar-refractivity contribution in [3.63, 3.8) is 0 Å². The van der Waals surface area contributed by atoms with Gasteiger partial charge < -0.3 is 9.84 Å². The minimum absolute atomic E-state index is 0.0742. The summed E-state index contributed by atoms with van der Waals surface area (Å²) in [5.74, 6) is -1.99. The summed E-state index contributed by atoms with van der Waals surface area (Å²) in [6.07, 6.45) is 0. The molecular weight excluding hydrogens is 322 g/mol. The van der Waals surface area contributed by atoms with Crippen LogP contribution in [0.5, 0.6) is 0 Å². The largest absolute Gasteiger partial charge is 0.354 e. The van der Waals surface area contributed by atoms with Gasteiger partial charge in [-0.25, -0.2) is 8.78 Å². The van der Waals surface area contributed by atoms with E-state index in [0.717, 1.165) is 10.9 Å². The van der Waals surface area contributed by atoms with Gasteiger partial charge in [-0.2, -0.15) is 0 Å². The van der Waals surface area contributed by atoms with Crippen LogP contribution in [-0.4, -0.2) is 11.1 Å². The molecule has 0 atom stereocenters. The van der Waals surface area contributed by atoms with E-state index in [9.17, 15) is 13.6 Å². The SMILES string of the molecule is Cc1noc(-c2cccs2)c1C(=O)NCc1cccc(F)c1F. The summed E-state index contributed by atoms with van der Waals surface area (Å²) < 4.78 is 32.0. The molecule has 3 rings (SSSR count). The lowest BCUT2D eigenvalue weighted by Crippen LogP contribution is -2.24. The molecule has 0 bridgehead atoms. The third kappa shape index (κ3) is 3.00. The predicted molar refractivity (Wildman–Crippen MR) is 82.1 cm³/mol. The molecular formula is C16H12F2N2O2S. The van der Waals surface area contributed by atoms with Gasteiger partial charge in [-0.05, 0) is 24.4 Å². The lowest BCUT2D eigenvalue weighted by molar-refractivity contribution is 0.0950. The molecule has 2 aromatic heterocycles. The summed E-state index contributed by atoms with van der Waals surface area (Å²) in [5.41, 5.74) is 0.806. The number of carbonyl (C=O) groups is 1. The van der Waals surface area contributed by atoms with Crippen molar-refractivity contribution in [2.24, 2.45) is 0 Å². The minimum Gasteiger partial charge on any atom is -0.354 e. The lowest BCUT2D eigenvalue weighted by atomic mass is 10.1. The number of aromatic nitrogens is 1. The van der Waals surface area contributed by atoms with E-state index in [0.29, 0.717) is 17.0 Å². The van der Waals surface area contributed by atoms with Gasteiger partial charge in [0, 0.05) is 12.1 Å². The number of thiophene rings is 1. The number of nitrogens with zero attached hydrogens (tertiary/aromatic N) is 1. The molecule has 0 aliphatic heterocycles. The van der Waals surface area contributed by atoms with Crippen LogP contribution in [-0.2, 0) is 6.54 Å². The summed E-state index contributed by atoms with van der Waals surface area (Å²) in [5, 5.41) is 8.25. The molecule has 0 aliphatic rings. The third-order valence-corrected chi connectivity index (χ3v) is 4.17. The molecule has 0 saturated heterocycles. The minimum atomic E-state index is -0.965. The van der Waals surface area contributed by atoms with E-state index in [1.54, 1.807) is 6.92 Å². The van der Waals surface area contributed by atoms with Gasteiger partial charge in [-0.1, -0.05) is 23.4 Å². The molecule has 0 radical (unpaired) electrons. The highest BCUT2D eigenvalue weighted by Crippen LogP contribution is 2.29. The molecule has 7 heteroatoms. The van der Waals surface area contributed by atoms with Crippen molar-refractivity contribution >= 4 is 17.2 Å². The van der Waals surface area contributed by atoms with Gasteiger partial charge >= 0.3 is 0 Å². The van der Waals surface area contributed by atoms with Crippen LogP contribution in [0.2, 0.25) is 0 Å². The Morgan fingerprint density at radius 3 is 2.87 bits per heavy atom. The molecule has 0 fully saturated rings. The van der Waals surface area contributed by atoms with Crippen LogP contribution in [0.4, 0.5) is 8.78 Å². The maximum absolute atomic E-state index is 13.6. The van der Waals surface area contributed by atoms with Crippen molar-refractivity contribution in [2.75, 3.05) is 0 Å². The summed E-state index contributed by atoms with van der Waals surface area (Å²) in [4.78, 5) is 13.2. The molecule has 1 amide bonds. The molecule has 1 N–H and O–H groups in total. The second-order valence-corrected chi connectivity index (χ2v) is 5.79. The second kappa shape index (κ2) is 6.29. The Balaban J connectivity index is 1.82. The molecule has 0 unspecified atom stereocenters. The smallest absolute Gasteiger partial charge is 0.257 e. The standard InChI is InChI=1S/C16H12F2N2O2S/c1-9-13(15(22-20-9)12-6-3-7-23-12)16(21)19-8-10-4-2-5-11(17)14(10)18/h2-7H,8H2,1H3,(H,19,21). The summed E-state index contributed by atoms with van der Waals surface area (Å²) in [6, 6.07) is 7.48. The fourth-order valence-electron chi connectivity index (χ4n) is 2.16. The third-order valence-electron chi connectivity index (χ3n) is 3.31. The van der Waals surface area contributed by atoms with E-state index in [1.165, 1.54) is 23.5 Å². The lowest BCUT2D eigenvalue weighted by Gasteiger charge is -2.07. The number of amides is 1. The zero-order valence-corrected chi connectivity index (χ0v) is 12.9. The summed E-state index contributed by atoms with van der Waals surface area (Å²) in [7, 11) is 0. The monoisotopic (exact) mass is 334 g/mol. The second-order valence-electron chi connectivity index (χ2n) is 4.85. The molecule has 0 spiro atoms. The van der Waals surface area contributed by atoms with Crippen LogP contribution >= 0.6 is 11.3 Å². The van der Waals surface area contributed by atoms with Gasteiger partial charge in [0.15, 0.2) is 17.4 Å². The van der Waals surface area contributed by atoms with E-state index >= 15 is 0 Å². The number of hydrogen-bond donors (Lipinski definition) is 1. The van der Waals surface area contributed by atoms with E-state index in [2.05, 4.69) is 10.5 Å². The highest BCUT2D eigenvalue weighted by atomic mass is 32.1.